The zero-order chi connectivity index (χ0) is 17.4. The molecule has 0 atom stereocenters. The molecule has 25 heavy (non-hydrogen) atoms. The smallest absolute Gasteiger partial charge is 0.255 e. The summed E-state index contributed by atoms with van der Waals surface area (Å²) in [6, 6.07) is 21.1. The van der Waals surface area contributed by atoms with Gasteiger partial charge >= 0.3 is 0 Å². The molecule has 0 aliphatic carbocycles. The minimum Gasteiger partial charge on any atom is -0.507 e. The van der Waals surface area contributed by atoms with E-state index in [0.29, 0.717) is 32.8 Å². The fraction of sp³-hybridized carbons (Fsp3) is 0. The van der Waals surface area contributed by atoms with Crippen molar-refractivity contribution in [3.8, 4) is 11.5 Å². The molecule has 0 heterocycles. The van der Waals surface area contributed by atoms with Crippen LogP contribution < -0.4 is 5.32 Å². The summed E-state index contributed by atoms with van der Waals surface area (Å²) >= 11 is 0. The van der Waals surface area contributed by atoms with Gasteiger partial charge in [0.1, 0.15) is 11.5 Å². The standard InChI is InChI=1S/C21H15NO3/c23-19-14-9-4-5-10-15(14)20(24)18-16(19)11-6-12-17(18)22-21(25)13-7-2-1-3-8-13/h1-12,23-24H,(H,22,25). The van der Waals surface area contributed by atoms with E-state index in [4.69, 9.17) is 0 Å². The Morgan fingerprint density at radius 3 is 2.00 bits per heavy atom. The van der Waals surface area contributed by atoms with E-state index in [9.17, 15) is 15.0 Å². The number of benzene rings is 4. The van der Waals surface area contributed by atoms with E-state index in [-0.39, 0.29) is 17.4 Å². The Bertz CT molecular complexity index is 1100. The van der Waals surface area contributed by atoms with Gasteiger partial charge in [-0.15, -0.1) is 0 Å². The van der Waals surface area contributed by atoms with Crippen LogP contribution >= 0.6 is 0 Å². The van der Waals surface area contributed by atoms with E-state index in [2.05, 4.69) is 5.32 Å². The summed E-state index contributed by atoms with van der Waals surface area (Å²) in [5.74, 6) is -0.160. The van der Waals surface area contributed by atoms with Crippen molar-refractivity contribution < 1.29 is 15.0 Å². The summed E-state index contributed by atoms with van der Waals surface area (Å²) in [6.45, 7) is 0. The van der Waals surface area contributed by atoms with Gasteiger partial charge in [0.15, 0.2) is 0 Å². The number of carbonyl (C=O) groups excluding carboxylic acids is 1. The van der Waals surface area contributed by atoms with Crippen LogP contribution in [0.4, 0.5) is 5.69 Å². The van der Waals surface area contributed by atoms with E-state index in [0.717, 1.165) is 0 Å². The molecule has 0 spiro atoms. The highest BCUT2D eigenvalue weighted by Crippen LogP contribution is 2.44. The molecule has 4 nitrogen and oxygen atoms in total. The van der Waals surface area contributed by atoms with Gasteiger partial charge < -0.3 is 15.5 Å². The number of aromatic hydroxyl groups is 2. The molecule has 1 amide bonds. The number of nitrogens with one attached hydrogen (secondary N) is 1. The van der Waals surface area contributed by atoms with Crippen LogP contribution in [0.1, 0.15) is 10.4 Å². The minimum absolute atomic E-state index is 0.0346. The van der Waals surface area contributed by atoms with Crippen LogP contribution in [0.2, 0.25) is 0 Å². The number of phenolic OH excluding ortho intramolecular Hbond substituents is 2. The first kappa shape index (κ1) is 15.0. The monoisotopic (exact) mass is 329 g/mol. The Balaban J connectivity index is 1.92. The van der Waals surface area contributed by atoms with Gasteiger partial charge in [-0.05, 0) is 18.2 Å². The first-order valence-electron chi connectivity index (χ1n) is 7.88. The average Bonchev–Trinajstić information content (AvgIpc) is 2.66. The van der Waals surface area contributed by atoms with Gasteiger partial charge in [0.2, 0.25) is 0 Å². The predicted octanol–water partition coefficient (Wildman–Crippen LogP) is 4.66. The largest absolute Gasteiger partial charge is 0.507 e. The minimum atomic E-state index is -0.278. The van der Waals surface area contributed by atoms with Gasteiger partial charge in [-0.3, -0.25) is 4.79 Å². The van der Waals surface area contributed by atoms with Gasteiger partial charge in [0.05, 0.1) is 11.1 Å². The molecule has 0 radical (unpaired) electrons. The molecule has 4 aromatic carbocycles. The molecule has 0 saturated heterocycles. The van der Waals surface area contributed by atoms with Crippen molar-refractivity contribution in [2.75, 3.05) is 5.32 Å². The lowest BCUT2D eigenvalue weighted by atomic mass is 9.99. The molecule has 0 fully saturated rings. The van der Waals surface area contributed by atoms with Gasteiger partial charge in [-0.1, -0.05) is 54.6 Å². The summed E-state index contributed by atoms with van der Waals surface area (Å²) in [5, 5.41) is 26.2. The maximum absolute atomic E-state index is 12.5. The molecule has 0 saturated carbocycles. The van der Waals surface area contributed by atoms with Crippen LogP contribution in [0, 0.1) is 0 Å². The molecular weight excluding hydrogens is 314 g/mol. The second-order valence-corrected chi connectivity index (χ2v) is 5.79. The Morgan fingerprint density at radius 2 is 1.28 bits per heavy atom. The lowest BCUT2D eigenvalue weighted by Gasteiger charge is -2.14. The summed E-state index contributed by atoms with van der Waals surface area (Å²) < 4.78 is 0. The number of hydrogen-bond acceptors (Lipinski definition) is 3. The lowest BCUT2D eigenvalue weighted by Crippen LogP contribution is -2.11. The first-order valence-corrected chi connectivity index (χ1v) is 7.88. The van der Waals surface area contributed by atoms with Crippen molar-refractivity contribution in [3.05, 3.63) is 78.4 Å². The molecule has 0 aliphatic heterocycles. The van der Waals surface area contributed by atoms with Crippen LogP contribution in [0.5, 0.6) is 11.5 Å². The fourth-order valence-electron chi connectivity index (χ4n) is 3.07. The molecule has 0 aromatic heterocycles. The predicted molar refractivity (Wildman–Crippen MR) is 99.2 cm³/mol. The van der Waals surface area contributed by atoms with Gasteiger partial charge in [0, 0.05) is 21.7 Å². The van der Waals surface area contributed by atoms with Crippen molar-refractivity contribution in [3.63, 3.8) is 0 Å². The highest BCUT2D eigenvalue weighted by molar-refractivity contribution is 6.17. The Labute approximate surface area is 144 Å². The maximum Gasteiger partial charge on any atom is 0.255 e. The molecular formula is C21H15NO3. The second kappa shape index (κ2) is 5.83. The zero-order valence-corrected chi connectivity index (χ0v) is 13.2. The third-order valence-electron chi connectivity index (χ3n) is 4.28. The molecule has 4 aromatic rings. The SMILES string of the molecule is O=C(Nc1cccc2c(O)c3ccccc3c(O)c12)c1ccccc1. The Morgan fingerprint density at radius 1 is 0.680 bits per heavy atom. The summed E-state index contributed by atoms with van der Waals surface area (Å²) in [4.78, 5) is 12.5. The first-order chi connectivity index (χ1) is 12.2. The van der Waals surface area contributed by atoms with Crippen LogP contribution in [0.25, 0.3) is 21.5 Å². The van der Waals surface area contributed by atoms with Crippen molar-refractivity contribution >= 4 is 33.1 Å². The topological polar surface area (TPSA) is 69.6 Å². The van der Waals surface area contributed by atoms with E-state index in [1.54, 1.807) is 66.7 Å². The van der Waals surface area contributed by atoms with Crippen LogP contribution in [-0.4, -0.2) is 16.1 Å². The molecule has 4 heteroatoms. The third kappa shape index (κ3) is 2.44. The highest BCUT2D eigenvalue weighted by Gasteiger charge is 2.16. The number of phenols is 2. The van der Waals surface area contributed by atoms with E-state index >= 15 is 0 Å². The summed E-state index contributed by atoms with van der Waals surface area (Å²) in [6.07, 6.45) is 0. The molecule has 0 aliphatic rings. The number of fused-ring (bicyclic) bond motifs is 2. The normalized spacial score (nSPS) is 10.9. The zero-order valence-electron chi connectivity index (χ0n) is 13.2. The maximum atomic E-state index is 12.5. The number of hydrogen-bond donors (Lipinski definition) is 3. The lowest BCUT2D eigenvalue weighted by molar-refractivity contribution is 0.102. The Kier molecular flexibility index (Phi) is 3.51. The third-order valence-corrected chi connectivity index (χ3v) is 4.28. The number of anilines is 1. The second-order valence-electron chi connectivity index (χ2n) is 5.79. The quantitative estimate of drug-likeness (QED) is 0.370. The highest BCUT2D eigenvalue weighted by atomic mass is 16.3. The fourth-order valence-corrected chi connectivity index (χ4v) is 3.07. The molecule has 122 valence electrons. The number of carbonyl (C=O) groups is 1. The Hall–Kier alpha value is -3.53. The van der Waals surface area contributed by atoms with Crippen LogP contribution in [0.3, 0.4) is 0 Å². The number of amides is 1. The van der Waals surface area contributed by atoms with Crippen molar-refractivity contribution in [2.45, 2.75) is 0 Å². The van der Waals surface area contributed by atoms with Gasteiger partial charge in [-0.2, -0.15) is 0 Å². The summed E-state index contributed by atoms with van der Waals surface area (Å²) in [7, 11) is 0. The summed E-state index contributed by atoms with van der Waals surface area (Å²) in [5.41, 5.74) is 0.967. The molecule has 4 rings (SSSR count). The van der Waals surface area contributed by atoms with E-state index < -0.39 is 0 Å². The average molecular weight is 329 g/mol. The van der Waals surface area contributed by atoms with Crippen molar-refractivity contribution in [2.24, 2.45) is 0 Å². The van der Waals surface area contributed by atoms with E-state index in [1.807, 2.05) is 6.07 Å². The molecule has 3 N–H and O–H groups in total. The van der Waals surface area contributed by atoms with E-state index in [1.165, 1.54) is 0 Å². The van der Waals surface area contributed by atoms with Crippen molar-refractivity contribution in [1.82, 2.24) is 0 Å². The van der Waals surface area contributed by atoms with Gasteiger partial charge in [0.25, 0.3) is 5.91 Å². The molecule has 0 bridgehead atoms. The van der Waals surface area contributed by atoms with Crippen LogP contribution in [0.15, 0.2) is 72.8 Å². The number of rotatable bonds is 2. The van der Waals surface area contributed by atoms with Crippen molar-refractivity contribution in [1.29, 1.82) is 0 Å². The molecule has 0 unspecified atom stereocenters. The van der Waals surface area contributed by atoms with Gasteiger partial charge in [-0.25, -0.2) is 0 Å². The van der Waals surface area contributed by atoms with Crippen LogP contribution in [-0.2, 0) is 0 Å².